The molecule has 0 radical (unpaired) electrons. The molecule has 2 aromatic heterocycles. The zero-order chi connectivity index (χ0) is 17.2. The van der Waals surface area contributed by atoms with Gasteiger partial charge in [-0.15, -0.1) is 0 Å². The quantitative estimate of drug-likeness (QED) is 0.537. The minimum atomic E-state index is -0.347. The van der Waals surface area contributed by atoms with Gasteiger partial charge in [-0.1, -0.05) is 57.5 Å². The predicted molar refractivity (Wildman–Crippen MR) is 99.3 cm³/mol. The van der Waals surface area contributed by atoms with Crippen molar-refractivity contribution >= 4 is 38.4 Å². The Labute approximate surface area is 151 Å². The number of halogens is 1. The zero-order valence-corrected chi connectivity index (χ0v) is 14.5. The first-order valence-electron chi connectivity index (χ1n) is 7.59. The molecular formula is C19H12BrN3O2. The lowest BCUT2D eigenvalue weighted by Crippen LogP contribution is -2.12. The average Bonchev–Trinajstić information content (AvgIpc) is 3.15. The number of nitrogens with zero attached hydrogens (tertiary/aromatic N) is 2. The highest BCUT2D eigenvalue weighted by atomic mass is 79.9. The van der Waals surface area contributed by atoms with E-state index in [1.165, 1.54) is 0 Å². The highest BCUT2D eigenvalue weighted by molar-refractivity contribution is 9.10. The van der Waals surface area contributed by atoms with E-state index in [2.05, 4.69) is 31.4 Å². The van der Waals surface area contributed by atoms with Crippen LogP contribution in [0.5, 0.6) is 0 Å². The standard InChI is InChI=1S/C19H12BrN3O2/c20-14-8-9-15(18-13(14)7-4-10-21-18)22-19(24)16-11-17(25-23-16)12-5-2-1-3-6-12/h1-11H,(H,22,24). The third-order valence-electron chi connectivity index (χ3n) is 3.77. The Morgan fingerprint density at radius 3 is 2.72 bits per heavy atom. The Hall–Kier alpha value is -2.99. The van der Waals surface area contributed by atoms with Gasteiger partial charge in [0.15, 0.2) is 11.5 Å². The van der Waals surface area contributed by atoms with Crippen LogP contribution in [-0.4, -0.2) is 16.0 Å². The largest absolute Gasteiger partial charge is 0.355 e. The number of amides is 1. The van der Waals surface area contributed by atoms with Gasteiger partial charge in [-0.3, -0.25) is 9.78 Å². The van der Waals surface area contributed by atoms with Crippen molar-refractivity contribution in [3.05, 3.63) is 77.0 Å². The van der Waals surface area contributed by atoms with Crippen molar-refractivity contribution in [2.45, 2.75) is 0 Å². The maximum absolute atomic E-state index is 12.5. The molecule has 1 N–H and O–H groups in total. The summed E-state index contributed by atoms with van der Waals surface area (Å²) in [7, 11) is 0. The van der Waals surface area contributed by atoms with E-state index in [0.29, 0.717) is 17.0 Å². The van der Waals surface area contributed by atoms with E-state index in [9.17, 15) is 4.79 Å². The molecule has 0 spiro atoms. The summed E-state index contributed by atoms with van der Waals surface area (Å²) in [6.07, 6.45) is 1.69. The fourth-order valence-electron chi connectivity index (χ4n) is 2.55. The van der Waals surface area contributed by atoms with Gasteiger partial charge in [0.1, 0.15) is 0 Å². The SMILES string of the molecule is O=C(Nc1ccc(Br)c2cccnc12)c1cc(-c2ccccc2)on1. The number of anilines is 1. The van der Waals surface area contributed by atoms with Gasteiger partial charge >= 0.3 is 0 Å². The van der Waals surface area contributed by atoms with Crippen LogP contribution in [0.1, 0.15) is 10.5 Å². The van der Waals surface area contributed by atoms with Crippen LogP contribution >= 0.6 is 15.9 Å². The van der Waals surface area contributed by atoms with E-state index < -0.39 is 0 Å². The molecule has 0 atom stereocenters. The average molecular weight is 394 g/mol. The van der Waals surface area contributed by atoms with Gasteiger partial charge in [0.2, 0.25) is 0 Å². The monoisotopic (exact) mass is 393 g/mol. The molecule has 0 saturated carbocycles. The van der Waals surface area contributed by atoms with Crippen LogP contribution < -0.4 is 5.32 Å². The van der Waals surface area contributed by atoms with E-state index in [1.54, 1.807) is 18.3 Å². The number of carbonyl (C=O) groups is 1. The first-order valence-corrected chi connectivity index (χ1v) is 8.38. The molecule has 4 rings (SSSR count). The summed E-state index contributed by atoms with van der Waals surface area (Å²) in [6, 6.07) is 18.6. The van der Waals surface area contributed by atoms with E-state index in [4.69, 9.17) is 4.52 Å². The van der Waals surface area contributed by atoms with Crippen molar-refractivity contribution in [1.29, 1.82) is 0 Å². The number of nitrogens with one attached hydrogen (secondary N) is 1. The van der Waals surface area contributed by atoms with Gasteiger partial charge in [-0.05, 0) is 18.2 Å². The molecule has 1 amide bonds. The van der Waals surface area contributed by atoms with Crippen molar-refractivity contribution in [3.63, 3.8) is 0 Å². The second kappa shape index (κ2) is 6.49. The fraction of sp³-hybridized carbons (Fsp3) is 0. The van der Waals surface area contributed by atoms with Crippen molar-refractivity contribution in [3.8, 4) is 11.3 Å². The summed E-state index contributed by atoms with van der Waals surface area (Å²) >= 11 is 3.49. The highest BCUT2D eigenvalue weighted by Gasteiger charge is 2.15. The first-order chi connectivity index (χ1) is 12.2. The van der Waals surface area contributed by atoms with Crippen LogP contribution in [0.3, 0.4) is 0 Å². The lowest BCUT2D eigenvalue weighted by Gasteiger charge is -2.07. The molecule has 6 heteroatoms. The molecule has 0 bridgehead atoms. The minimum absolute atomic E-state index is 0.214. The van der Waals surface area contributed by atoms with Gasteiger partial charge in [0, 0.05) is 27.7 Å². The zero-order valence-electron chi connectivity index (χ0n) is 12.9. The third kappa shape index (κ3) is 3.04. The molecule has 4 aromatic rings. The highest BCUT2D eigenvalue weighted by Crippen LogP contribution is 2.29. The molecule has 5 nitrogen and oxygen atoms in total. The fourth-order valence-corrected chi connectivity index (χ4v) is 3.00. The molecular weight excluding hydrogens is 382 g/mol. The third-order valence-corrected chi connectivity index (χ3v) is 4.46. The van der Waals surface area contributed by atoms with Gasteiger partial charge < -0.3 is 9.84 Å². The van der Waals surface area contributed by atoms with Gasteiger partial charge in [0.25, 0.3) is 5.91 Å². The summed E-state index contributed by atoms with van der Waals surface area (Å²) in [5, 5.41) is 7.64. The first kappa shape index (κ1) is 15.5. The van der Waals surface area contributed by atoms with Crippen LogP contribution in [-0.2, 0) is 0 Å². The molecule has 0 aliphatic carbocycles. The van der Waals surface area contributed by atoms with Crippen molar-refractivity contribution in [1.82, 2.24) is 10.1 Å². The molecule has 0 saturated heterocycles. The second-order valence-corrected chi connectivity index (χ2v) is 6.25. The van der Waals surface area contributed by atoms with Crippen LogP contribution in [0.4, 0.5) is 5.69 Å². The van der Waals surface area contributed by atoms with Crippen molar-refractivity contribution in [2.24, 2.45) is 0 Å². The molecule has 122 valence electrons. The number of aromatic nitrogens is 2. The summed E-state index contributed by atoms with van der Waals surface area (Å²) in [5.74, 6) is 0.199. The maximum Gasteiger partial charge on any atom is 0.277 e. The van der Waals surface area contributed by atoms with Crippen LogP contribution in [0, 0.1) is 0 Å². The predicted octanol–water partition coefficient (Wildman–Crippen LogP) is 4.90. The van der Waals surface area contributed by atoms with E-state index in [1.807, 2.05) is 48.5 Å². The Bertz CT molecular complexity index is 1060. The van der Waals surface area contributed by atoms with Gasteiger partial charge in [-0.2, -0.15) is 0 Å². The molecule has 25 heavy (non-hydrogen) atoms. The number of hydrogen-bond acceptors (Lipinski definition) is 4. The molecule has 2 aromatic carbocycles. The molecule has 2 heterocycles. The number of pyridine rings is 1. The second-order valence-electron chi connectivity index (χ2n) is 5.39. The molecule has 0 fully saturated rings. The Kier molecular flexibility index (Phi) is 4.03. The summed E-state index contributed by atoms with van der Waals surface area (Å²) < 4.78 is 6.20. The Morgan fingerprint density at radius 2 is 1.88 bits per heavy atom. The number of fused-ring (bicyclic) bond motifs is 1. The summed E-state index contributed by atoms with van der Waals surface area (Å²) in [5.41, 5.74) is 2.40. The Balaban J connectivity index is 1.63. The number of hydrogen-bond donors (Lipinski definition) is 1. The van der Waals surface area contributed by atoms with Crippen LogP contribution in [0.25, 0.3) is 22.2 Å². The normalized spacial score (nSPS) is 10.8. The summed E-state index contributed by atoms with van der Waals surface area (Å²) in [4.78, 5) is 16.9. The number of benzene rings is 2. The lowest BCUT2D eigenvalue weighted by atomic mass is 10.1. The van der Waals surface area contributed by atoms with Crippen molar-refractivity contribution in [2.75, 3.05) is 5.32 Å². The number of rotatable bonds is 3. The maximum atomic E-state index is 12.5. The number of carbonyl (C=O) groups excluding carboxylic acids is 1. The molecule has 0 unspecified atom stereocenters. The summed E-state index contributed by atoms with van der Waals surface area (Å²) in [6.45, 7) is 0. The van der Waals surface area contributed by atoms with E-state index >= 15 is 0 Å². The molecule has 0 aliphatic heterocycles. The van der Waals surface area contributed by atoms with Crippen LogP contribution in [0.2, 0.25) is 0 Å². The van der Waals surface area contributed by atoms with E-state index in [0.717, 1.165) is 15.4 Å². The minimum Gasteiger partial charge on any atom is -0.355 e. The van der Waals surface area contributed by atoms with Crippen molar-refractivity contribution < 1.29 is 9.32 Å². The van der Waals surface area contributed by atoms with E-state index in [-0.39, 0.29) is 11.6 Å². The lowest BCUT2D eigenvalue weighted by molar-refractivity contribution is 0.101. The smallest absolute Gasteiger partial charge is 0.277 e. The van der Waals surface area contributed by atoms with Crippen LogP contribution in [0.15, 0.2) is 75.9 Å². The van der Waals surface area contributed by atoms with Gasteiger partial charge in [-0.25, -0.2) is 0 Å². The molecule has 0 aliphatic rings. The topological polar surface area (TPSA) is 68.0 Å². The Morgan fingerprint density at radius 1 is 1.04 bits per heavy atom. The van der Waals surface area contributed by atoms with Gasteiger partial charge in [0.05, 0.1) is 11.2 Å².